The lowest BCUT2D eigenvalue weighted by Gasteiger charge is -2.27. The molecular formula is C28H36ClNO3. The average molecular weight is 470 g/mol. The van der Waals surface area contributed by atoms with E-state index in [1.165, 1.54) is 11.3 Å². The molecule has 1 heterocycles. The first-order valence-electron chi connectivity index (χ1n) is 11.9. The molecule has 0 fully saturated rings. The summed E-state index contributed by atoms with van der Waals surface area (Å²) in [6, 6.07) is 14.4. The highest BCUT2D eigenvalue weighted by atomic mass is 35.5. The predicted molar refractivity (Wildman–Crippen MR) is 138 cm³/mol. The fourth-order valence-electron chi connectivity index (χ4n) is 4.28. The maximum absolute atomic E-state index is 11.5. The molecule has 0 spiro atoms. The van der Waals surface area contributed by atoms with Crippen LogP contribution in [-0.4, -0.2) is 20.7 Å². The molecule has 0 aliphatic heterocycles. The van der Waals surface area contributed by atoms with E-state index in [4.69, 9.17) is 11.6 Å². The molecule has 2 aromatic carbocycles. The molecule has 178 valence electrons. The van der Waals surface area contributed by atoms with E-state index < -0.39 is 5.97 Å². The fourth-order valence-corrected chi connectivity index (χ4v) is 4.46. The van der Waals surface area contributed by atoms with Crippen LogP contribution in [0.25, 0.3) is 16.9 Å². The molecule has 4 nitrogen and oxygen atoms in total. The molecule has 2 N–H and O–H groups in total. The second-order valence-electron chi connectivity index (χ2n) is 8.11. The highest BCUT2D eigenvalue weighted by Gasteiger charge is 2.27. The van der Waals surface area contributed by atoms with Gasteiger partial charge in [0.25, 0.3) is 0 Å². The number of halogens is 1. The summed E-state index contributed by atoms with van der Waals surface area (Å²) in [5, 5.41) is 19.6. The van der Waals surface area contributed by atoms with Crippen LogP contribution in [0.4, 0.5) is 0 Å². The zero-order chi connectivity index (χ0) is 24.7. The van der Waals surface area contributed by atoms with E-state index in [1.54, 1.807) is 30.3 Å². The van der Waals surface area contributed by atoms with Crippen molar-refractivity contribution in [2.24, 2.45) is 11.8 Å². The second kappa shape index (κ2) is 11.9. The number of hydrogen-bond acceptors (Lipinski definition) is 2. The Hall–Kier alpha value is -2.72. The van der Waals surface area contributed by atoms with Crippen molar-refractivity contribution in [3.8, 4) is 22.7 Å². The van der Waals surface area contributed by atoms with Gasteiger partial charge in [-0.3, -0.25) is 0 Å². The molecule has 1 atom stereocenters. The van der Waals surface area contributed by atoms with Crippen LogP contribution in [0.1, 0.15) is 69.6 Å². The van der Waals surface area contributed by atoms with E-state index in [9.17, 15) is 15.0 Å². The first-order valence-corrected chi connectivity index (χ1v) is 12.3. The topological polar surface area (TPSA) is 62.5 Å². The lowest BCUT2D eigenvalue weighted by atomic mass is 9.81. The second-order valence-corrected chi connectivity index (χ2v) is 8.51. The molecule has 3 aromatic rings. The highest BCUT2D eigenvalue weighted by molar-refractivity contribution is 6.32. The number of carbonyl (C=O) groups is 1. The molecule has 1 unspecified atom stereocenters. The maximum Gasteiger partial charge on any atom is 0.335 e. The van der Waals surface area contributed by atoms with Crippen molar-refractivity contribution >= 4 is 17.6 Å². The van der Waals surface area contributed by atoms with Gasteiger partial charge in [-0.2, -0.15) is 0 Å². The molecule has 1 aliphatic carbocycles. The smallest absolute Gasteiger partial charge is 0.335 e. The van der Waals surface area contributed by atoms with Gasteiger partial charge < -0.3 is 14.8 Å². The quantitative estimate of drug-likeness (QED) is 0.406. The zero-order valence-electron chi connectivity index (χ0n) is 20.5. The SMILES string of the molecule is CC.CC.CC(C)C1CCc2c(cc(-c3ccc(O)c(Cl)c3)n2-c2cccc(C(=O)O)c2)C1. The number of aromatic carboxylic acids is 1. The number of benzene rings is 2. The normalized spacial score (nSPS) is 14.5. The lowest BCUT2D eigenvalue weighted by Crippen LogP contribution is -2.20. The van der Waals surface area contributed by atoms with Gasteiger partial charge in [-0.1, -0.05) is 59.2 Å². The molecule has 5 heteroatoms. The van der Waals surface area contributed by atoms with Crippen molar-refractivity contribution in [1.82, 2.24) is 4.57 Å². The minimum atomic E-state index is -0.943. The minimum absolute atomic E-state index is 0.0473. The summed E-state index contributed by atoms with van der Waals surface area (Å²) >= 11 is 6.18. The van der Waals surface area contributed by atoms with Crippen molar-refractivity contribution in [2.75, 3.05) is 0 Å². The number of carboxylic acid groups (broad SMARTS) is 1. The Morgan fingerprint density at radius 1 is 1.06 bits per heavy atom. The molecule has 0 saturated heterocycles. The van der Waals surface area contributed by atoms with Crippen molar-refractivity contribution in [3.05, 3.63) is 70.4 Å². The largest absolute Gasteiger partial charge is 0.506 e. The molecule has 0 bridgehead atoms. The van der Waals surface area contributed by atoms with Gasteiger partial charge in [0.05, 0.1) is 16.3 Å². The van der Waals surface area contributed by atoms with Crippen LogP contribution >= 0.6 is 11.6 Å². The summed E-state index contributed by atoms with van der Waals surface area (Å²) in [6.07, 6.45) is 3.07. The van der Waals surface area contributed by atoms with Gasteiger partial charge in [-0.05, 0) is 79.1 Å². The Balaban J connectivity index is 0.000000914. The standard InChI is InChI=1S/C24H24ClNO3.2C2H6/c1-14(2)15-6-8-21-18(10-15)13-22(16-7-9-23(27)20(25)12-16)26(21)19-5-3-4-17(11-19)24(28)29;2*1-2/h3-5,7,9,11-15,27H,6,8,10H2,1-2H3,(H,28,29);2*1-2H3. The lowest BCUT2D eigenvalue weighted by molar-refractivity contribution is 0.0697. The van der Waals surface area contributed by atoms with Crippen LogP contribution in [-0.2, 0) is 12.8 Å². The molecule has 4 rings (SSSR count). The Morgan fingerprint density at radius 3 is 2.36 bits per heavy atom. The number of aromatic nitrogens is 1. The number of nitrogens with zero attached hydrogens (tertiary/aromatic N) is 1. The van der Waals surface area contributed by atoms with E-state index in [1.807, 2.05) is 39.8 Å². The van der Waals surface area contributed by atoms with Gasteiger partial charge in [0.1, 0.15) is 5.75 Å². The summed E-state index contributed by atoms with van der Waals surface area (Å²) in [5.74, 6) is 0.362. The number of phenols is 1. The maximum atomic E-state index is 11.5. The van der Waals surface area contributed by atoms with E-state index in [2.05, 4.69) is 24.5 Å². The van der Waals surface area contributed by atoms with Crippen molar-refractivity contribution < 1.29 is 15.0 Å². The number of phenolic OH excluding ortho intramolecular Hbond substituents is 1. The number of aromatic hydroxyl groups is 1. The Kier molecular flexibility index (Phi) is 9.60. The molecule has 0 radical (unpaired) electrons. The summed E-state index contributed by atoms with van der Waals surface area (Å²) in [6.45, 7) is 12.5. The monoisotopic (exact) mass is 469 g/mol. The highest BCUT2D eigenvalue weighted by Crippen LogP contribution is 2.39. The third-order valence-electron chi connectivity index (χ3n) is 5.96. The third-order valence-corrected chi connectivity index (χ3v) is 6.27. The van der Waals surface area contributed by atoms with Crippen molar-refractivity contribution in [3.63, 3.8) is 0 Å². The van der Waals surface area contributed by atoms with Crippen LogP contribution < -0.4 is 0 Å². The summed E-state index contributed by atoms with van der Waals surface area (Å²) in [5.41, 5.74) is 5.47. The van der Waals surface area contributed by atoms with Crippen LogP contribution in [0.3, 0.4) is 0 Å². The first-order chi connectivity index (χ1) is 15.8. The van der Waals surface area contributed by atoms with Gasteiger partial charge in [-0.15, -0.1) is 0 Å². The summed E-state index contributed by atoms with van der Waals surface area (Å²) in [4.78, 5) is 11.5. The van der Waals surface area contributed by atoms with E-state index in [-0.39, 0.29) is 11.3 Å². The molecule has 0 saturated carbocycles. The Bertz CT molecular complexity index is 1080. The molecule has 1 aromatic heterocycles. The molecule has 33 heavy (non-hydrogen) atoms. The van der Waals surface area contributed by atoms with Crippen molar-refractivity contribution in [2.45, 2.75) is 60.8 Å². The molecule has 0 amide bonds. The van der Waals surface area contributed by atoms with E-state index in [0.29, 0.717) is 16.9 Å². The summed E-state index contributed by atoms with van der Waals surface area (Å²) in [7, 11) is 0. The van der Waals surface area contributed by atoms with E-state index in [0.717, 1.165) is 36.2 Å². The zero-order valence-corrected chi connectivity index (χ0v) is 21.3. The van der Waals surface area contributed by atoms with E-state index >= 15 is 0 Å². The van der Waals surface area contributed by atoms with Gasteiger partial charge in [0.15, 0.2) is 0 Å². The van der Waals surface area contributed by atoms with Crippen molar-refractivity contribution in [1.29, 1.82) is 0 Å². The molecule has 1 aliphatic rings. The number of fused-ring (bicyclic) bond motifs is 1. The van der Waals surface area contributed by atoms with Gasteiger partial charge in [-0.25, -0.2) is 4.79 Å². The summed E-state index contributed by atoms with van der Waals surface area (Å²) < 4.78 is 2.15. The van der Waals surface area contributed by atoms with Crippen LogP contribution in [0, 0.1) is 11.8 Å². The number of carboxylic acids is 1. The fraction of sp³-hybridized carbons (Fsp3) is 0.393. The number of rotatable bonds is 4. The van der Waals surface area contributed by atoms with Crippen LogP contribution in [0.15, 0.2) is 48.5 Å². The molecular weight excluding hydrogens is 434 g/mol. The third kappa shape index (κ3) is 5.80. The van der Waals surface area contributed by atoms with Gasteiger partial charge in [0.2, 0.25) is 0 Å². The predicted octanol–water partition coefficient (Wildman–Crippen LogP) is 8.01. The van der Waals surface area contributed by atoms with Crippen LogP contribution in [0.2, 0.25) is 5.02 Å². The average Bonchev–Trinajstić information content (AvgIpc) is 3.22. The Labute approximate surface area is 202 Å². The van der Waals surface area contributed by atoms with Crippen LogP contribution in [0.5, 0.6) is 5.75 Å². The van der Waals surface area contributed by atoms with Gasteiger partial charge in [0, 0.05) is 16.9 Å². The number of hydrogen-bond donors (Lipinski definition) is 2. The minimum Gasteiger partial charge on any atom is -0.506 e. The first kappa shape index (κ1) is 26.5. The van der Waals surface area contributed by atoms with Gasteiger partial charge >= 0.3 is 5.97 Å². The Morgan fingerprint density at radius 2 is 1.76 bits per heavy atom.